The number of aryl methyl sites for hydroxylation is 2. The number of anilines is 1. The summed E-state index contributed by atoms with van der Waals surface area (Å²) in [5.41, 5.74) is 2.81. The number of methoxy groups -OCH3 is 1. The Kier molecular flexibility index (Phi) is 4.98. The fraction of sp³-hybridized carbons (Fsp3) is 0.333. The second kappa shape index (κ2) is 7.20. The van der Waals surface area contributed by atoms with Gasteiger partial charge in [0.1, 0.15) is 11.2 Å². The van der Waals surface area contributed by atoms with E-state index in [0.29, 0.717) is 19.4 Å². The summed E-state index contributed by atoms with van der Waals surface area (Å²) in [5.74, 6) is 0.252. The van der Waals surface area contributed by atoms with Gasteiger partial charge in [0.05, 0.1) is 7.11 Å². The lowest BCUT2D eigenvalue weighted by atomic mass is 10.0. The van der Waals surface area contributed by atoms with Crippen molar-refractivity contribution in [1.82, 2.24) is 5.32 Å². The molecule has 2 aromatic carbocycles. The van der Waals surface area contributed by atoms with Crippen LogP contribution in [-0.4, -0.2) is 18.9 Å². The van der Waals surface area contributed by atoms with Gasteiger partial charge in [0.25, 0.3) is 0 Å². The zero-order valence-corrected chi connectivity index (χ0v) is 15.4. The Morgan fingerprint density at radius 3 is 2.31 bits per heavy atom. The zero-order chi connectivity index (χ0) is 18.7. The first-order chi connectivity index (χ1) is 12.4. The number of nitrogens with one attached hydrogen (secondary N) is 2. The maximum absolute atomic E-state index is 12.7. The molecular formula is C21H24N2O3. The molecule has 0 aliphatic heterocycles. The molecule has 3 rings (SSSR count). The van der Waals surface area contributed by atoms with Crippen molar-refractivity contribution in [3.63, 3.8) is 0 Å². The summed E-state index contributed by atoms with van der Waals surface area (Å²) < 4.78 is 5.30. The highest BCUT2D eigenvalue weighted by Crippen LogP contribution is 2.47. The monoisotopic (exact) mass is 352 g/mol. The van der Waals surface area contributed by atoms with Gasteiger partial charge in [-0.25, -0.2) is 0 Å². The van der Waals surface area contributed by atoms with Crippen LogP contribution in [0.3, 0.4) is 0 Å². The standard InChI is InChI=1S/C21H24N2O3/c1-14-10-15(2)12-17(11-14)23-20(25)21(8-9-21)19(24)22-13-16-6-4-5-7-18(16)26-3/h4-7,10-12H,8-9,13H2,1-3H3,(H,22,24)(H,23,25). The van der Waals surface area contributed by atoms with Gasteiger partial charge in [-0.15, -0.1) is 0 Å². The molecule has 0 spiro atoms. The normalized spacial score (nSPS) is 14.4. The lowest BCUT2D eigenvalue weighted by molar-refractivity contribution is -0.134. The van der Waals surface area contributed by atoms with Gasteiger partial charge < -0.3 is 15.4 Å². The molecule has 0 saturated heterocycles. The van der Waals surface area contributed by atoms with Gasteiger partial charge in [0.2, 0.25) is 11.8 Å². The van der Waals surface area contributed by atoms with Crippen LogP contribution in [0.5, 0.6) is 5.75 Å². The van der Waals surface area contributed by atoms with Crippen molar-refractivity contribution in [2.45, 2.75) is 33.2 Å². The fourth-order valence-electron chi connectivity index (χ4n) is 3.17. The van der Waals surface area contributed by atoms with Gasteiger partial charge in [-0.05, 0) is 56.0 Å². The molecule has 1 fully saturated rings. The molecule has 1 saturated carbocycles. The van der Waals surface area contributed by atoms with Gasteiger partial charge in [0.15, 0.2) is 0 Å². The van der Waals surface area contributed by atoms with E-state index in [1.54, 1.807) is 7.11 Å². The van der Waals surface area contributed by atoms with Crippen LogP contribution < -0.4 is 15.4 Å². The van der Waals surface area contributed by atoms with Gasteiger partial charge in [-0.3, -0.25) is 9.59 Å². The topological polar surface area (TPSA) is 67.4 Å². The SMILES string of the molecule is COc1ccccc1CNC(=O)C1(C(=O)Nc2cc(C)cc(C)c2)CC1. The number of hydrogen-bond donors (Lipinski definition) is 2. The Labute approximate surface area is 153 Å². The summed E-state index contributed by atoms with van der Waals surface area (Å²) >= 11 is 0. The van der Waals surface area contributed by atoms with Crippen LogP contribution in [0.2, 0.25) is 0 Å². The van der Waals surface area contributed by atoms with Crippen LogP contribution in [0, 0.1) is 19.3 Å². The van der Waals surface area contributed by atoms with Crippen molar-refractivity contribution in [3.05, 3.63) is 59.2 Å². The summed E-state index contributed by atoms with van der Waals surface area (Å²) in [5, 5.41) is 5.79. The second-order valence-corrected chi connectivity index (χ2v) is 6.91. The number of ether oxygens (including phenoxy) is 1. The number of benzene rings is 2. The Hall–Kier alpha value is -2.82. The average Bonchev–Trinajstić information content (AvgIpc) is 3.41. The molecule has 1 aliphatic rings. The smallest absolute Gasteiger partial charge is 0.240 e. The number of carbonyl (C=O) groups is 2. The predicted molar refractivity (Wildman–Crippen MR) is 101 cm³/mol. The van der Waals surface area contributed by atoms with Crippen molar-refractivity contribution in [2.75, 3.05) is 12.4 Å². The van der Waals surface area contributed by atoms with E-state index in [4.69, 9.17) is 4.74 Å². The molecule has 5 nitrogen and oxygen atoms in total. The average molecular weight is 352 g/mol. The van der Waals surface area contributed by atoms with E-state index in [-0.39, 0.29) is 11.8 Å². The Balaban J connectivity index is 1.65. The number of hydrogen-bond acceptors (Lipinski definition) is 3. The minimum atomic E-state index is -0.959. The number of para-hydroxylation sites is 1. The van der Waals surface area contributed by atoms with Crippen LogP contribution in [0.25, 0.3) is 0 Å². The molecule has 0 atom stereocenters. The maximum atomic E-state index is 12.7. The number of carbonyl (C=O) groups excluding carboxylic acids is 2. The molecule has 0 radical (unpaired) electrons. The second-order valence-electron chi connectivity index (χ2n) is 6.91. The molecule has 0 heterocycles. The van der Waals surface area contributed by atoms with Crippen molar-refractivity contribution in [2.24, 2.45) is 5.41 Å². The van der Waals surface area contributed by atoms with E-state index in [2.05, 4.69) is 10.6 Å². The lowest BCUT2D eigenvalue weighted by Crippen LogP contribution is -2.39. The van der Waals surface area contributed by atoms with E-state index in [9.17, 15) is 9.59 Å². The first-order valence-corrected chi connectivity index (χ1v) is 8.74. The summed E-state index contributed by atoms with van der Waals surface area (Å²) in [7, 11) is 1.60. The first-order valence-electron chi connectivity index (χ1n) is 8.74. The third-order valence-corrected chi connectivity index (χ3v) is 4.73. The largest absolute Gasteiger partial charge is 0.496 e. The third-order valence-electron chi connectivity index (χ3n) is 4.73. The minimum absolute atomic E-state index is 0.231. The summed E-state index contributed by atoms with van der Waals surface area (Å²) in [6.45, 7) is 4.30. The molecule has 2 N–H and O–H groups in total. The minimum Gasteiger partial charge on any atom is -0.496 e. The van der Waals surface area contributed by atoms with Crippen LogP contribution in [0.4, 0.5) is 5.69 Å². The highest BCUT2D eigenvalue weighted by atomic mass is 16.5. The van der Waals surface area contributed by atoms with Crippen LogP contribution >= 0.6 is 0 Å². The molecule has 26 heavy (non-hydrogen) atoms. The Morgan fingerprint density at radius 2 is 1.69 bits per heavy atom. The molecule has 5 heteroatoms. The van der Waals surface area contributed by atoms with Crippen LogP contribution in [0.1, 0.15) is 29.5 Å². The fourth-order valence-corrected chi connectivity index (χ4v) is 3.17. The maximum Gasteiger partial charge on any atom is 0.240 e. The van der Waals surface area contributed by atoms with Gasteiger partial charge in [0, 0.05) is 17.8 Å². The van der Waals surface area contributed by atoms with E-state index < -0.39 is 5.41 Å². The first kappa shape index (κ1) is 18.0. The summed E-state index contributed by atoms with van der Waals surface area (Å²) in [4.78, 5) is 25.4. The third kappa shape index (κ3) is 3.72. The van der Waals surface area contributed by atoms with Gasteiger partial charge in [-0.2, -0.15) is 0 Å². The molecule has 136 valence electrons. The lowest BCUT2D eigenvalue weighted by Gasteiger charge is -2.17. The predicted octanol–water partition coefficient (Wildman–Crippen LogP) is 3.35. The molecule has 2 aromatic rings. The Morgan fingerprint density at radius 1 is 1.04 bits per heavy atom. The van der Waals surface area contributed by atoms with Gasteiger partial charge in [-0.1, -0.05) is 24.3 Å². The van der Waals surface area contributed by atoms with Crippen molar-refractivity contribution in [1.29, 1.82) is 0 Å². The van der Waals surface area contributed by atoms with Crippen molar-refractivity contribution >= 4 is 17.5 Å². The van der Waals surface area contributed by atoms with E-state index >= 15 is 0 Å². The highest BCUT2D eigenvalue weighted by molar-refractivity contribution is 6.13. The number of amides is 2. The molecule has 0 bridgehead atoms. The number of rotatable bonds is 6. The van der Waals surface area contributed by atoms with Gasteiger partial charge >= 0.3 is 0 Å². The van der Waals surface area contributed by atoms with E-state index in [0.717, 1.165) is 28.1 Å². The molecule has 2 amide bonds. The highest BCUT2D eigenvalue weighted by Gasteiger charge is 2.56. The molecule has 1 aliphatic carbocycles. The van der Waals surface area contributed by atoms with E-state index in [1.165, 1.54) is 0 Å². The van der Waals surface area contributed by atoms with E-state index in [1.807, 2.05) is 56.3 Å². The zero-order valence-electron chi connectivity index (χ0n) is 15.4. The van der Waals surface area contributed by atoms with Crippen LogP contribution in [-0.2, 0) is 16.1 Å². The molecule has 0 aromatic heterocycles. The molecule has 0 unspecified atom stereocenters. The van der Waals surface area contributed by atoms with Crippen molar-refractivity contribution in [3.8, 4) is 5.75 Å². The van der Waals surface area contributed by atoms with Crippen molar-refractivity contribution < 1.29 is 14.3 Å². The quantitative estimate of drug-likeness (QED) is 0.784. The Bertz CT molecular complexity index is 821. The summed E-state index contributed by atoms with van der Waals surface area (Å²) in [6.07, 6.45) is 1.14. The van der Waals surface area contributed by atoms with Crippen LogP contribution in [0.15, 0.2) is 42.5 Å². The molecular weight excluding hydrogens is 328 g/mol. The summed E-state index contributed by atoms with van der Waals surface area (Å²) in [6, 6.07) is 13.4.